The molecular weight excluding hydrogens is 440 g/mol. The van der Waals surface area contributed by atoms with Gasteiger partial charge >= 0.3 is 11.9 Å². The second-order valence-electron chi connectivity index (χ2n) is 7.71. The lowest BCUT2D eigenvalue weighted by Gasteiger charge is -2.35. The van der Waals surface area contributed by atoms with Crippen molar-refractivity contribution in [2.45, 2.75) is 18.9 Å². The number of amides is 1. The van der Waals surface area contributed by atoms with Gasteiger partial charge in [-0.2, -0.15) is 0 Å². The summed E-state index contributed by atoms with van der Waals surface area (Å²) in [7, 11) is 1.47. The van der Waals surface area contributed by atoms with Crippen LogP contribution in [0.1, 0.15) is 18.1 Å². The van der Waals surface area contributed by atoms with Crippen LogP contribution in [0.2, 0.25) is 0 Å². The summed E-state index contributed by atoms with van der Waals surface area (Å²) in [6.45, 7) is 1.52. The number of benzene rings is 2. The van der Waals surface area contributed by atoms with Crippen molar-refractivity contribution in [3.8, 4) is 0 Å². The van der Waals surface area contributed by atoms with E-state index in [0.717, 1.165) is 5.56 Å². The van der Waals surface area contributed by atoms with E-state index >= 15 is 0 Å². The van der Waals surface area contributed by atoms with Crippen LogP contribution in [0.5, 0.6) is 0 Å². The normalized spacial score (nSPS) is 18.9. The van der Waals surface area contributed by atoms with Crippen molar-refractivity contribution in [2.24, 2.45) is 5.73 Å². The van der Waals surface area contributed by atoms with E-state index in [9.17, 15) is 14.4 Å². The Bertz CT molecular complexity index is 1200. The topological polar surface area (TPSA) is 126 Å². The third-order valence-corrected chi connectivity index (χ3v) is 5.67. The highest BCUT2D eigenvalue weighted by Crippen LogP contribution is 2.52. The molecule has 0 saturated carbocycles. The summed E-state index contributed by atoms with van der Waals surface area (Å²) in [5, 5.41) is 2.75. The molecule has 0 unspecified atom stereocenters. The van der Waals surface area contributed by atoms with Crippen molar-refractivity contribution >= 4 is 23.5 Å². The van der Waals surface area contributed by atoms with Crippen LogP contribution >= 0.6 is 0 Å². The number of allylic oxidation sites excluding steroid dienone is 1. The molecule has 3 N–H and O–H groups in total. The summed E-state index contributed by atoms with van der Waals surface area (Å²) in [4.78, 5) is 40.3. The van der Waals surface area contributed by atoms with E-state index in [4.69, 9.17) is 24.7 Å². The number of nitrogens with two attached hydrogens (primary N) is 1. The molecule has 34 heavy (non-hydrogen) atoms. The zero-order valence-electron chi connectivity index (χ0n) is 18.8. The molecule has 0 fully saturated rings. The second-order valence-corrected chi connectivity index (χ2v) is 7.71. The molecule has 9 nitrogen and oxygen atoms in total. The van der Waals surface area contributed by atoms with Crippen LogP contribution in [-0.4, -0.2) is 38.2 Å². The van der Waals surface area contributed by atoms with Gasteiger partial charge in [-0.3, -0.25) is 4.79 Å². The molecule has 2 aliphatic heterocycles. The van der Waals surface area contributed by atoms with E-state index in [0.29, 0.717) is 11.3 Å². The number of para-hydroxylation sites is 1. The van der Waals surface area contributed by atoms with Crippen LogP contribution in [0, 0.1) is 0 Å². The Morgan fingerprint density at radius 2 is 1.65 bits per heavy atom. The number of methoxy groups -OCH3 is 1. The van der Waals surface area contributed by atoms with Crippen LogP contribution < -0.4 is 11.1 Å². The first-order chi connectivity index (χ1) is 16.4. The maximum Gasteiger partial charge on any atom is 0.341 e. The van der Waals surface area contributed by atoms with E-state index in [-0.39, 0.29) is 42.6 Å². The predicted octanol–water partition coefficient (Wildman–Crippen LogP) is 2.28. The fraction of sp³-hybridized carbons (Fsp3) is 0.240. The Morgan fingerprint density at radius 3 is 2.38 bits per heavy atom. The SMILES string of the molecule is COCCOC(=O)C1=C(C)OC(N)=C(C(=O)OCc2ccccc2)[C@@]12C(=O)Nc1ccccc12. The Balaban J connectivity index is 1.82. The molecule has 2 aromatic carbocycles. The van der Waals surface area contributed by atoms with Crippen molar-refractivity contribution in [3.05, 3.63) is 88.5 Å². The Kier molecular flexibility index (Phi) is 6.38. The number of nitrogens with one attached hydrogen (secondary N) is 1. The van der Waals surface area contributed by atoms with E-state index in [2.05, 4.69) is 5.32 Å². The third-order valence-electron chi connectivity index (χ3n) is 5.67. The molecule has 2 aromatic rings. The average molecular weight is 464 g/mol. The molecule has 0 radical (unpaired) electrons. The first-order valence-corrected chi connectivity index (χ1v) is 10.6. The van der Waals surface area contributed by atoms with Gasteiger partial charge in [-0.05, 0) is 18.6 Å². The average Bonchev–Trinajstić information content (AvgIpc) is 3.10. The Hall–Kier alpha value is -4.11. The monoisotopic (exact) mass is 464 g/mol. The van der Waals surface area contributed by atoms with Crippen molar-refractivity contribution in [3.63, 3.8) is 0 Å². The van der Waals surface area contributed by atoms with Gasteiger partial charge in [-0.15, -0.1) is 0 Å². The van der Waals surface area contributed by atoms with Crippen molar-refractivity contribution in [2.75, 3.05) is 25.6 Å². The molecule has 0 aromatic heterocycles. The van der Waals surface area contributed by atoms with Crippen molar-refractivity contribution < 1.29 is 33.3 Å². The maximum atomic E-state index is 13.6. The standard InChI is InChI=1S/C25H24N2O7/c1-15-19(22(28)32-13-12-31-2)25(17-10-6-7-11-18(17)27-24(25)30)20(21(26)34-15)23(29)33-14-16-8-4-3-5-9-16/h3-11H,12-14,26H2,1-2H3,(H,27,30)/t25-/m0/s1. The lowest BCUT2D eigenvalue weighted by molar-refractivity contribution is -0.144. The molecule has 9 heteroatoms. The van der Waals surface area contributed by atoms with Gasteiger partial charge in [0.25, 0.3) is 0 Å². The van der Waals surface area contributed by atoms with E-state index in [1.807, 2.05) is 18.2 Å². The zero-order valence-corrected chi connectivity index (χ0v) is 18.8. The summed E-state index contributed by atoms with van der Waals surface area (Å²) in [6, 6.07) is 15.8. The van der Waals surface area contributed by atoms with Gasteiger partial charge in [-0.25, -0.2) is 9.59 Å². The zero-order chi connectivity index (χ0) is 24.3. The van der Waals surface area contributed by atoms with Crippen LogP contribution in [-0.2, 0) is 45.4 Å². The minimum Gasteiger partial charge on any atom is -0.460 e. The first-order valence-electron chi connectivity index (χ1n) is 10.6. The number of rotatable bonds is 7. The van der Waals surface area contributed by atoms with Crippen molar-refractivity contribution in [1.29, 1.82) is 0 Å². The Morgan fingerprint density at radius 1 is 0.971 bits per heavy atom. The van der Waals surface area contributed by atoms with E-state index < -0.39 is 23.3 Å². The minimum absolute atomic E-state index is 0.0476. The molecule has 176 valence electrons. The summed E-state index contributed by atoms with van der Waals surface area (Å²) in [6.07, 6.45) is 0. The summed E-state index contributed by atoms with van der Waals surface area (Å²) >= 11 is 0. The summed E-state index contributed by atoms with van der Waals surface area (Å²) in [5.74, 6) is -2.63. The number of hydrogen-bond donors (Lipinski definition) is 2. The number of carbonyl (C=O) groups excluding carboxylic acids is 3. The van der Waals surface area contributed by atoms with E-state index in [1.165, 1.54) is 14.0 Å². The summed E-state index contributed by atoms with van der Waals surface area (Å²) < 4.78 is 21.4. The van der Waals surface area contributed by atoms with Gasteiger partial charge < -0.3 is 30.0 Å². The number of carbonyl (C=O) groups is 3. The number of anilines is 1. The molecule has 0 bridgehead atoms. The fourth-order valence-corrected chi connectivity index (χ4v) is 4.23. The lowest BCUT2D eigenvalue weighted by Crippen LogP contribution is -2.48. The highest BCUT2D eigenvalue weighted by Gasteiger charge is 2.61. The molecular formula is C25H24N2O7. The molecule has 0 aliphatic carbocycles. The van der Waals surface area contributed by atoms with Crippen LogP contribution in [0.3, 0.4) is 0 Å². The van der Waals surface area contributed by atoms with Gasteiger partial charge in [0, 0.05) is 18.4 Å². The molecule has 1 amide bonds. The molecule has 1 spiro atoms. The summed E-state index contributed by atoms with van der Waals surface area (Å²) in [5.41, 5.74) is 5.38. The quantitative estimate of drug-likeness (QED) is 0.472. The lowest BCUT2D eigenvalue weighted by atomic mass is 9.67. The highest BCUT2D eigenvalue weighted by atomic mass is 16.6. The predicted molar refractivity (Wildman–Crippen MR) is 121 cm³/mol. The minimum atomic E-state index is -1.90. The van der Waals surface area contributed by atoms with Gasteiger partial charge in [-0.1, -0.05) is 48.5 Å². The number of hydrogen-bond acceptors (Lipinski definition) is 8. The van der Waals surface area contributed by atoms with Crippen LogP contribution in [0.4, 0.5) is 5.69 Å². The third kappa shape index (κ3) is 3.80. The molecule has 0 saturated heterocycles. The van der Waals surface area contributed by atoms with Crippen LogP contribution in [0.25, 0.3) is 0 Å². The molecule has 4 rings (SSSR count). The number of esters is 2. The largest absolute Gasteiger partial charge is 0.460 e. The smallest absolute Gasteiger partial charge is 0.341 e. The Labute approximate surface area is 196 Å². The number of fused-ring (bicyclic) bond motifs is 2. The molecule has 2 aliphatic rings. The fourth-order valence-electron chi connectivity index (χ4n) is 4.23. The number of ether oxygens (including phenoxy) is 4. The van der Waals surface area contributed by atoms with Gasteiger partial charge in [0.1, 0.15) is 35.5 Å². The highest BCUT2D eigenvalue weighted by molar-refractivity contribution is 6.21. The van der Waals surface area contributed by atoms with Crippen LogP contribution in [0.15, 0.2) is 77.4 Å². The molecule has 2 heterocycles. The molecule has 1 atom stereocenters. The van der Waals surface area contributed by atoms with E-state index in [1.54, 1.807) is 36.4 Å². The van der Waals surface area contributed by atoms with Gasteiger partial charge in [0.15, 0.2) is 0 Å². The van der Waals surface area contributed by atoms with Gasteiger partial charge in [0.2, 0.25) is 11.8 Å². The van der Waals surface area contributed by atoms with Gasteiger partial charge in [0.05, 0.1) is 6.61 Å². The second kappa shape index (κ2) is 9.40. The maximum absolute atomic E-state index is 13.6. The first kappa shape index (κ1) is 23.1. The van der Waals surface area contributed by atoms with Crippen molar-refractivity contribution in [1.82, 2.24) is 0 Å².